The quantitative estimate of drug-likeness (QED) is 0.931. The predicted molar refractivity (Wildman–Crippen MR) is 87.1 cm³/mol. The Morgan fingerprint density at radius 2 is 2.04 bits per heavy atom. The maximum Gasteiger partial charge on any atom is 0.242 e. The van der Waals surface area contributed by atoms with Crippen LogP contribution in [0.3, 0.4) is 0 Å². The van der Waals surface area contributed by atoms with Crippen LogP contribution in [0.25, 0.3) is 0 Å². The molecule has 1 aromatic rings. The lowest BCUT2D eigenvalue weighted by Crippen LogP contribution is -2.43. The molecule has 0 bridgehead atoms. The predicted octanol–water partition coefficient (Wildman–Crippen LogP) is 2.90. The third kappa shape index (κ3) is 4.09. The van der Waals surface area contributed by atoms with Crippen molar-refractivity contribution in [3.63, 3.8) is 0 Å². The van der Waals surface area contributed by atoms with Crippen LogP contribution in [-0.2, 0) is 9.59 Å². The molecule has 1 N–H and O–H groups in total. The second-order valence-corrected chi connectivity index (χ2v) is 7.29. The summed E-state index contributed by atoms with van der Waals surface area (Å²) in [6, 6.07) is 6.27. The molecule has 0 aromatic heterocycles. The molecule has 1 aromatic carbocycles. The van der Waals surface area contributed by atoms with Gasteiger partial charge >= 0.3 is 0 Å². The molecule has 2 atom stereocenters. The highest BCUT2D eigenvalue weighted by molar-refractivity contribution is 5.87. The summed E-state index contributed by atoms with van der Waals surface area (Å²) in [5, 5.41) is 2.69. The van der Waals surface area contributed by atoms with Gasteiger partial charge in [0.05, 0.1) is 12.6 Å². The molecular weight excluding hydrogens is 295 g/mol. The highest BCUT2D eigenvalue weighted by Crippen LogP contribution is 2.37. The van der Waals surface area contributed by atoms with Crippen LogP contribution in [0.4, 0.5) is 4.39 Å². The van der Waals surface area contributed by atoms with Crippen LogP contribution in [0.2, 0.25) is 0 Å². The number of hydrogen-bond acceptors (Lipinski definition) is 2. The minimum atomic E-state index is -0.527. The number of benzene rings is 1. The first-order valence-corrected chi connectivity index (χ1v) is 8.03. The van der Waals surface area contributed by atoms with E-state index in [4.69, 9.17) is 0 Å². The van der Waals surface area contributed by atoms with Crippen molar-refractivity contribution in [2.24, 2.45) is 11.3 Å². The molecule has 1 fully saturated rings. The van der Waals surface area contributed by atoms with Gasteiger partial charge in [0.1, 0.15) is 5.82 Å². The zero-order valence-electron chi connectivity index (χ0n) is 14.2. The average Bonchev–Trinajstić information content (AvgIpc) is 2.85. The monoisotopic (exact) mass is 320 g/mol. The molecule has 1 aliphatic rings. The van der Waals surface area contributed by atoms with Crippen molar-refractivity contribution < 1.29 is 14.0 Å². The molecule has 0 radical (unpaired) electrons. The molecule has 23 heavy (non-hydrogen) atoms. The summed E-state index contributed by atoms with van der Waals surface area (Å²) < 4.78 is 13.5. The second-order valence-electron chi connectivity index (χ2n) is 7.29. The first-order valence-electron chi connectivity index (χ1n) is 8.03. The van der Waals surface area contributed by atoms with Crippen molar-refractivity contribution in [3.8, 4) is 0 Å². The Hall–Kier alpha value is -1.91. The van der Waals surface area contributed by atoms with Gasteiger partial charge in [-0.1, -0.05) is 39.8 Å². The average molecular weight is 320 g/mol. The number of amides is 2. The number of hydrogen-bond donors (Lipinski definition) is 1. The van der Waals surface area contributed by atoms with Crippen molar-refractivity contribution in [2.45, 2.75) is 40.2 Å². The fourth-order valence-corrected chi connectivity index (χ4v) is 2.95. The minimum absolute atomic E-state index is 0.0192. The number of rotatable bonds is 3. The molecule has 126 valence electrons. The van der Waals surface area contributed by atoms with Gasteiger partial charge in [0, 0.05) is 12.0 Å². The van der Waals surface area contributed by atoms with Crippen molar-refractivity contribution in [1.82, 2.24) is 10.2 Å². The largest absolute Gasteiger partial charge is 0.347 e. The number of likely N-dealkylation sites (tertiary alicyclic amines) is 1. The highest BCUT2D eigenvalue weighted by Gasteiger charge is 2.35. The molecule has 4 nitrogen and oxygen atoms in total. The summed E-state index contributed by atoms with van der Waals surface area (Å²) >= 11 is 0. The standard InChI is InChI=1S/C18H25FN2O2/c1-12-8-9-21(15(22)11-20-17(23)18(2,3)4)16(12)13-6-5-7-14(19)10-13/h5-7,10,12,16H,8-9,11H2,1-4H3,(H,20,23)/t12-,16-/m0/s1. The Kier molecular flexibility index (Phi) is 5.07. The Balaban J connectivity index is 2.08. The number of nitrogens with zero attached hydrogens (tertiary/aromatic N) is 1. The molecule has 1 saturated heterocycles. The van der Waals surface area contributed by atoms with E-state index >= 15 is 0 Å². The smallest absolute Gasteiger partial charge is 0.242 e. The normalized spacial score (nSPS) is 21.3. The molecule has 1 aliphatic heterocycles. The number of carbonyl (C=O) groups is 2. The van der Waals surface area contributed by atoms with Gasteiger partial charge in [0.2, 0.25) is 11.8 Å². The lowest BCUT2D eigenvalue weighted by atomic mass is 9.95. The topological polar surface area (TPSA) is 49.4 Å². The van der Waals surface area contributed by atoms with E-state index < -0.39 is 5.41 Å². The molecule has 0 spiro atoms. The zero-order valence-corrected chi connectivity index (χ0v) is 14.2. The molecule has 2 rings (SSSR count). The Morgan fingerprint density at radius 1 is 1.35 bits per heavy atom. The number of halogens is 1. The van der Waals surface area contributed by atoms with Gasteiger partial charge in [-0.2, -0.15) is 0 Å². The molecule has 2 amide bonds. The van der Waals surface area contributed by atoms with E-state index in [0.717, 1.165) is 12.0 Å². The van der Waals surface area contributed by atoms with E-state index in [2.05, 4.69) is 12.2 Å². The summed E-state index contributed by atoms with van der Waals surface area (Å²) in [4.78, 5) is 26.2. The molecular formula is C18H25FN2O2. The van der Waals surface area contributed by atoms with E-state index in [0.29, 0.717) is 6.54 Å². The van der Waals surface area contributed by atoms with Gasteiger partial charge in [0.15, 0.2) is 0 Å². The summed E-state index contributed by atoms with van der Waals surface area (Å²) in [6.45, 7) is 8.10. The van der Waals surface area contributed by atoms with Crippen LogP contribution in [-0.4, -0.2) is 29.8 Å². The lowest BCUT2D eigenvalue weighted by Gasteiger charge is -2.28. The Bertz CT molecular complexity index is 595. The molecule has 1 heterocycles. The van der Waals surface area contributed by atoms with Gasteiger partial charge in [-0.25, -0.2) is 4.39 Å². The molecule has 0 saturated carbocycles. The van der Waals surface area contributed by atoms with Crippen molar-refractivity contribution >= 4 is 11.8 Å². The van der Waals surface area contributed by atoms with Gasteiger partial charge in [-0.3, -0.25) is 9.59 Å². The lowest BCUT2D eigenvalue weighted by molar-refractivity contribution is -0.136. The first kappa shape index (κ1) is 17.4. The Morgan fingerprint density at radius 3 is 2.65 bits per heavy atom. The van der Waals surface area contributed by atoms with Crippen molar-refractivity contribution in [3.05, 3.63) is 35.6 Å². The van der Waals surface area contributed by atoms with E-state index in [1.807, 2.05) is 6.07 Å². The summed E-state index contributed by atoms with van der Waals surface area (Å²) in [5.74, 6) is -0.310. The minimum Gasteiger partial charge on any atom is -0.347 e. The molecule has 0 unspecified atom stereocenters. The highest BCUT2D eigenvalue weighted by atomic mass is 19.1. The SMILES string of the molecule is C[C@H]1CCN(C(=O)CNC(=O)C(C)(C)C)[C@@H]1c1cccc(F)c1. The molecule has 5 heteroatoms. The zero-order chi connectivity index (χ0) is 17.2. The van der Waals surface area contributed by atoms with E-state index in [1.165, 1.54) is 12.1 Å². The number of nitrogens with one attached hydrogen (secondary N) is 1. The van der Waals surface area contributed by atoms with Crippen molar-refractivity contribution in [2.75, 3.05) is 13.1 Å². The van der Waals surface area contributed by atoms with Gasteiger partial charge in [-0.05, 0) is 30.0 Å². The fourth-order valence-electron chi connectivity index (χ4n) is 2.95. The van der Waals surface area contributed by atoms with E-state index in [1.54, 1.807) is 31.7 Å². The van der Waals surface area contributed by atoms with Crippen LogP contribution >= 0.6 is 0 Å². The second kappa shape index (κ2) is 6.69. The number of carbonyl (C=O) groups excluding carboxylic acids is 2. The third-order valence-electron chi connectivity index (χ3n) is 4.29. The summed E-state index contributed by atoms with van der Waals surface area (Å²) in [6.07, 6.45) is 0.875. The van der Waals surface area contributed by atoms with Crippen LogP contribution < -0.4 is 5.32 Å². The van der Waals surface area contributed by atoms with Gasteiger partial charge < -0.3 is 10.2 Å². The Labute approximate surface area is 137 Å². The third-order valence-corrected chi connectivity index (χ3v) is 4.29. The van der Waals surface area contributed by atoms with E-state index in [-0.39, 0.29) is 36.1 Å². The maximum atomic E-state index is 13.5. The van der Waals surface area contributed by atoms with Crippen molar-refractivity contribution in [1.29, 1.82) is 0 Å². The fraction of sp³-hybridized carbons (Fsp3) is 0.556. The van der Waals surface area contributed by atoms with Crippen LogP contribution in [0, 0.1) is 17.2 Å². The van der Waals surface area contributed by atoms with Crippen LogP contribution in [0.5, 0.6) is 0 Å². The first-order chi connectivity index (χ1) is 10.7. The van der Waals surface area contributed by atoms with Crippen LogP contribution in [0.1, 0.15) is 45.7 Å². The summed E-state index contributed by atoms with van der Waals surface area (Å²) in [7, 11) is 0. The van der Waals surface area contributed by atoms with Crippen LogP contribution in [0.15, 0.2) is 24.3 Å². The molecule has 0 aliphatic carbocycles. The van der Waals surface area contributed by atoms with E-state index in [9.17, 15) is 14.0 Å². The summed E-state index contributed by atoms with van der Waals surface area (Å²) in [5.41, 5.74) is 0.283. The maximum absolute atomic E-state index is 13.5. The van der Waals surface area contributed by atoms with Gasteiger partial charge in [-0.15, -0.1) is 0 Å². The van der Waals surface area contributed by atoms with Gasteiger partial charge in [0.25, 0.3) is 0 Å².